The van der Waals surface area contributed by atoms with E-state index in [-0.39, 0.29) is 21.9 Å². The zero-order chi connectivity index (χ0) is 54.1. The number of furan rings is 1. The maximum atomic E-state index is 9.84. The Balaban J connectivity index is 1.56. The molecule has 0 unspecified atom stereocenters. The lowest BCUT2D eigenvalue weighted by molar-refractivity contribution is 0.633. The van der Waals surface area contributed by atoms with Gasteiger partial charge in [0.2, 0.25) is 0 Å². The van der Waals surface area contributed by atoms with Crippen molar-refractivity contribution in [3.05, 3.63) is 181 Å². The highest BCUT2D eigenvalue weighted by atomic mass is 16.3. The van der Waals surface area contributed by atoms with Crippen LogP contribution in [-0.4, -0.2) is 0 Å². The summed E-state index contributed by atoms with van der Waals surface area (Å²) in [5.74, 6) is -0.833. The minimum absolute atomic E-state index is 0.107. The van der Waals surface area contributed by atoms with Gasteiger partial charge in [-0.1, -0.05) is 163 Å². The molecule has 0 aliphatic heterocycles. The first-order chi connectivity index (χ1) is 34.7. The summed E-state index contributed by atoms with van der Waals surface area (Å²) in [4.78, 5) is 0. The van der Waals surface area contributed by atoms with Gasteiger partial charge in [-0.2, -0.15) is 0 Å². The lowest BCUT2D eigenvalue weighted by atomic mass is 9.84. The van der Waals surface area contributed by atoms with E-state index < -0.39 is 228 Å². The van der Waals surface area contributed by atoms with Gasteiger partial charge in [0.1, 0.15) is 11.3 Å². The van der Waals surface area contributed by atoms with Crippen molar-refractivity contribution in [2.24, 2.45) is 0 Å². The zero-order valence-corrected chi connectivity index (χ0v) is 24.8. The smallest absolute Gasteiger partial charge is 0.143 e. The average molecular weight is 648 g/mol. The lowest BCUT2D eigenvalue weighted by Crippen LogP contribution is -1.91. The van der Waals surface area contributed by atoms with E-state index in [9.17, 15) is 15.1 Å². The summed E-state index contributed by atoms with van der Waals surface area (Å²) in [7, 11) is 0. The van der Waals surface area contributed by atoms with E-state index in [1.165, 1.54) is 12.1 Å². The van der Waals surface area contributed by atoms with E-state index in [4.69, 9.17) is 23.6 Å². The second kappa shape index (κ2) is 11.1. The molecule has 1 heterocycles. The molecule has 0 amide bonds. The van der Waals surface area contributed by atoms with Crippen LogP contribution in [0.4, 0.5) is 0 Å². The Morgan fingerprint density at radius 3 is 1.65 bits per heavy atom. The highest BCUT2D eigenvalue weighted by Gasteiger charge is 2.24. The molecule has 228 valence electrons. The van der Waals surface area contributed by atoms with Crippen molar-refractivity contribution in [2.45, 2.75) is 0 Å². The molecule has 10 rings (SSSR count). The second-order valence-corrected chi connectivity index (χ2v) is 10.9. The first kappa shape index (κ1) is 12.5. The van der Waals surface area contributed by atoms with Gasteiger partial charge in [-0.15, -0.1) is 0 Å². The normalized spacial score (nSPS) is 18.8. The SMILES string of the molecule is [2H]c1c([2H])c([2H])c(-c2c([2H])c([2H])c3c(-c4c5c([2H])c([2H])c([2H])c([2H])c5c(-c5ccccc5)c5c([2H])c([2H])c([2H])c([2H])c45)c(-c4c([2H])c([2H])c5c(c4[2H])c([2H])c([2H])c4c([2H])c([2H])c([2H])c([2H])c45)oc3c2[2H])c([2H])c1[2H]. The standard InChI is InChI=1S/C48H30O/c1-3-13-31(14-4-1)34-25-28-43-44(30-34)49-48(36-26-27-38-35(29-36)24-23-32-15-7-8-18-37(32)38)47(43)46-41-21-11-9-19-39(41)45(33-16-5-2-6-17-33)40-20-10-12-22-42(40)46/h1-30H/i1D,3D,4D,7D,8D,9D,10D,11D,12D,13D,14D,15D,18D,19D,20D,21D,22D,23D,24D,25D,26D,27D,28D,29D,30D. The van der Waals surface area contributed by atoms with E-state index in [1.54, 1.807) is 18.2 Å². The number of benzene rings is 9. The fourth-order valence-electron chi connectivity index (χ4n) is 6.11. The number of hydrogen-bond acceptors (Lipinski definition) is 1. The third-order valence-corrected chi connectivity index (χ3v) is 8.19. The van der Waals surface area contributed by atoms with E-state index in [0.29, 0.717) is 0 Å². The van der Waals surface area contributed by atoms with Gasteiger partial charge in [0.05, 0.1) is 34.3 Å². The van der Waals surface area contributed by atoms with E-state index >= 15 is 0 Å². The molecule has 0 N–H and O–H groups in total. The van der Waals surface area contributed by atoms with Crippen molar-refractivity contribution >= 4 is 54.1 Å². The van der Waals surface area contributed by atoms with Gasteiger partial charge in [-0.3, -0.25) is 0 Å². The van der Waals surface area contributed by atoms with Crippen LogP contribution in [0.2, 0.25) is 0 Å². The molecule has 0 radical (unpaired) electrons. The van der Waals surface area contributed by atoms with Crippen molar-refractivity contribution in [1.82, 2.24) is 0 Å². The van der Waals surface area contributed by atoms with Gasteiger partial charge in [-0.05, 0) is 83.5 Å². The van der Waals surface area contributed by atoms with E-state index in [2.05, 4.69) is 0 Å². The van der Waals surface area contributed by atoms with Crippen LogP contribution in [-0.2, 0) is 0 Å². The zero-order valence-electron chi connectivity index (χ0n) is 49.8. The summed E-state index contributed by atoms with van der Waals surface area (Å²) in [5, 5.41) is -4.49. The maximum Gasteiger partial charge on any atom is 0.143 e. The van der Waals surface area contributed by atoms with E-state index in [0.717, 1.165) is 0 Å². The Kier molecular flexibility index (Phi) is 2.84. The molecule has 0 bridgehead atoms. The summed E-state index contributed by atoms with van der Waals surface area (Å²) in [5.41, 5.74) is -4.15. The summed E-state index contributed by atoms with van der Waals surface area (Å²) < 4.78 is 233. The first-order valence-electron chi connectivity index (χ1n) is 27.3. The maximum absolute atomic E-state index is 9.84. The van der Waals surface area contributed by atoms with Crippen LogP contribution in [0, 0.1) is 0 Å². The molecular formula is C48H30O. The number of rotatable bonds is 4. The predicted octanol–water partition coefficient (Wildman–Crippen LogP) is 13.7. The lowest BCUT2D eigenvalue weighted by Gasteiger charge is -2.18. The minimum atomic E-state index is -0.984. The molecule has 0 saturated heterocycles. The van der Waals surface area contributed by atoms with Gasteiger partial charge in [0.15, 0.2) is 0 Å². The van der Waals surface area contributed by atoms with Gasteiger partial charge >= 0.3 is 0 Å². The minimum Gasteiger partial charge on any atom is -0.455 e. The molecule has 1 aromatic heterocycles. The fourth-order valence-corrected chi connectivity index (χ4v) is 6.11. The molecule has 1 nitrogen and oxygen atoms in total. The quantitative estimate of drug-likeness (QED) is 0.137. The third-order valence-electron chi connectivity index (χ3n) is 8.19. The molecule has 9 aromatic carbocycles. The second-order valence-electron chi connectivity index (χ2n) is 10.9. The first-order valence-corrected chi connectivity index (χ1v) is 14.8. The molecule has 0 aliphatic rings. The highest BCUT2D eigenvalue weighted by Crippen LogP contribution is 2.50. The monoisotopic (exact) mass is 647 g/mol. The molecule has 0 spiro atoms. The Bertz CT molecular complexity index is 4190. The molecule has 10 aromatic rings. The molecule has 49 heavy (non-hydrogen) atoms. The Morgan fingerprint density at radius 1 is 0.347 bits per heavy atom. The van der Waals surface area contributed by atoms with Gasteiger partial charge in [0, 0.05) is 22.1 Å². The van der Waals surface area contributed by atoms with Crippen molar-refractivity contribution < 1.29 is 38.7 Å². The van der Waals surface area contributed by atoms with Crippen LogP contribution in [0.15, 0.2) is 186 Å². The number of hydrogen-bond donors (Lipinski definition) is 0. The van der Waals surface area contributed by atoms with Crippen molar-refractivity contribution in [1.29, 1.82) is 0 Å². The van der Waals surface area contributed by atoms with Crippen LogP contribution in [0.3, 0.4) is 0 Å². The fraction of sp³-hybridized carbons (Fsp3) is 0. The van der Waals surface area contributed by atoms with Gasteiger partial charge in [0.25, 0.3) is 0 Å². The Morgan fingerprint density at radius 2 is 0.918 bits per heavy atom. The highest BCUT2D eigenvalue weighted by molar-refractivity contribution is 6.25. The number of fused-ring (bicyclic) bond motifs is 6. The van der Waals surface area contributed by atoms with Crippen molar-refractivity contribution in [2.75, 3.05) is 0 Å². The summed E-state index contributed by atoms with van der Waals surface area (Å²) in [6.45, 7) is 0. The molecule has 0 atom stereocenters. The Hall–Kier alpha value is -6.44. The molecule has 1 heteroatoms. The van der Waals surface area contributed by atoms with Crippen LogP contribution in [0.25, 0.3) is 98.8 Å². The topological polar surface area (TPSA) is 13.1 Å². The van der Waals surface area contributed by atoms with Crippen LogP contribution >= 0.6 is 0 Å². The average Bonchev–Trinajstić information content (AvgIpc) is 3.77. The summed E-state index contributed by atoms with van der Waals surface area (Å²) in [6, 6.07) is -13.4. The van der Waals surface area contributed by atoms with Crippen LogP contribution < -0.4 is 0 Å². The molecule has 0 fully saturated rings. The van der Waals surface area contributed by atoms with Crippen molar-refractivity contribution in [3.8, 4) is 44.7 Å². The van der Waals surface area contributed by atoms with Crippen LogP contribution in [0.1, 0.15) is 34.3 Å². The molecule has 0 aliphatic carbocycles. The summed E-state index contributed by atoms with van der Waals surface area (Å²) in [6.07, 6.45) is 0. The van der Waals surface area contributed by atoms with Crippen LogP contribution in [0.5, 0.6) is 0 Å². The summed E-state index contributed by atoms with van der Waals surface area (Å²) >= 11 is 0. The van der Waals surface area contributed by atoms with Crippen molar-refractivity contribution in [3.63, 3.8) is 0 Å². The van der Waals surface area contributed by atoms with Gasteiger partial charge in [-0.25, -0.2) is 0 Å². The van der Waals surface area contributed by atoms with E-state index in [1.807, 2.05) is 0 Å². The third kappa shape index (κ3) is 4.40. The molecule has 0 saturated carbocycles. The molecular weight excluding hydrogens is 593 g/mol. The predicted molar refractivity (Wildman–Crippen MR) is 208 cm³/mol. The van der Waals surface area contributed by atoms with Gasteiger partial charge < -0.3 is 4.42 Å². The largest absolute Gasteiger partial charge is 0.455 e. The Labute approximate surface area is 319 Å².